The Morgan fingerprint density at radius 3 is 2.41 bits per heavy atom. The average molecular weight is 414 g/mol. The summed E-state index contributed by atoms with van der Waals surface area (Å²) in [5.74, 6) is 1.75. The van der Waals surface area contributed by atoms with E-state index in [1.54, 1.807) is 31.0 Å². The topological polar surface area (TPSA) is 65.4 Å². The van der Waals surface area contributed by atoms with Crippen LogP contribution in [0.15, 0.2) is 48.7 Å². The van der Waals surface area contributed by atoms with Crippen LogP contribution in [0.25, 0.3) is 0 Å². The molecule has 29 heavy (non-hydrogen) atoms. The Kier molecular flexibility index (Phi) is 6.44. The summed E-state index contributed by atoms with van der Waals surface area (Å²) >= 11 is 6.19. The molecule has 1 amide bonds. The van der Waals surface area contributed by atoms with Crippen molar-refractivity contribution in [1.82, 2.24) is 9.78 Å². The summed E-state index contributed by atoms with van der Waals surface area (Å²) in [5, 5.41) is 7.88. The number of benzene rings is 2. The molecule has 0 aliphatic rings. The molecule has 0 unspecified atom stereocenters. The van der Waals surface area contributed by atoms with Gasteiger partial charge in [-0.05, 0) is 61.7 Å². The molecule has 3 aromatic rings. The van der Waals surface area contributed by atoms with Gasteiger partial charge in [-0.25, -0.2) is 4.68 Å². The summed E-state index contributed by atoms with van der Waals surface area (Å²) in [6.07, 6.45) is 0.968. The minimum absolute atomic E-state index is 0.258. The molecule has 3 rings (SSSR count). The van der Waals surface area contributed by atoms with E-state index >= 15 is 0 Å². The standard InChI is InChI=1S/C22H24ClN3O3/c1-14-11-19(12-15(2)21(14)23)29-16(3)22(27)25-20-9-10-24-26(20)13-17-5-7-18(28-4)8-6-17/h5-12,16H,13H2,1-4H3,(H,25,27)/t16-/m0/s1. The molecule has 1 aromatic heterocycles. The van der Waals surface area contributed by atoms with Crippen LogP contribution in [0.1, 0.15) is 23.6 Å². The highest BCUT2D eigenvalue weighted by Crippen LogP contribution is 2.26. The van der Waals surface area contributed by atoms with Crippen molar-refractivity contribution in [2.45, 2.75) is 33.4 Å². The molecule has 0 saturated carbocycles. The zero-order valence-electron chi connectivity index (χ0n) is 16.9. The molecular weight excluding hydrogens is 390 g/mol. The average Bonchev–Trinajstić information content (AvgIpc) is 3.13. The predicted octanol–water partition coefficient (Wildman–Crippen LogP) is 4.62. The number of ether oxygens (including phenoxy) is 2. The molecule has 152 valence electrons. The van der Waals surface area contributed by atoms with Gasteiger partial charge in [0, 0.05) is 11.1 Å². The van der Waals surface area contributed by atoms with E-state index in [0.717, 1.165) is 22.4 Å². The van der Waals surface area contributed by atoms with Gasteiger partial charge in [0.1, 0.15) is 17.3 Å². The number of amides is 1. The number of nitrogens with zero attached hydrogens (tertiary/aromatic N) is 2. The second kappa shape index (κ2) is 9.01. The molecule has 0 fully saturated rings. The molecule has 1 heterocycles. The number of aryl methyl sites for hydroxylation is 2. The summed E-state index contributed by atoms with van der Waals surface area (Å²) in [5.41, 5.74) is 2.86. The van der Waals surface area contributed by atoms with Crippen LogP contribution in [0, 0.1) is 13.8 Å². The number of rotatable bonds is 7. The van der Waals surface area contributed by atoms with E-state index in [1.165, 1.54) is 0 Å². The van der Waals surface area contributed by atoms with Gasteiger partial charge in [0.25, 0.3) is 5.91 Å². The first kappa shape index (κ1) is 20.7. The van der Waals surface area contributed by atoms with Crippen molar-refractivity contribution in [3.05, 3.63) is 70.4 Å². The van der Waals surface area contributed by atoms with Gasteiger partial charge in [-0.2, -0.15) is 5.10 Å². The third kappa shape index (κ3) is 5.09. The zero-order chi connectivity index (χ0) is 21.0. The molecule has 0 bridgehead atoms. The second-order valence-corrected chi connectivity index (χ2v) is 7.22. The number of hydrogen-bond acceptors (Lipinski definition) is 4. The third-order valence-electron chi connectivity index (χ3n) is 4.55. The summed E-state index contributed by atoms with van der Waals surface area (Å²) in [7, 11) is 1.63. The molecule has 7 heteroatoms. The van der Waals surface area contributed by atoms with Gasteiger partial charge in [0.2, 0.25) is 0 Å². The van der Waals surface area contributed by atoms with Crippen LogP contribution < -0.4 is 14.8 Å². The maximum atomic E-state index is 12.6. The lowest BCUT2D eigenvalue weighted by molar-refractivity contribution is -0.122. The van der Waals surface area contributed by atoms with Gasteiger partial charge in [0.05, 0.1) is 19.9 Å². The number of methoxy groups -OCH3 is 1. The van der Waals surface area contributed by atoms with E-state index in [1.807, 2.05) is 50.2 Å². The normalized spacial score (nSPS) is 11.8. The molecule has 6 nitrogen and oxygen atoms in total. The maximum Gasteiger partial charge on any atom is 0.266 e. The fraction of sp³-hybridized carbons (Fsp3) is 0.273. The van der Waals surface area contributed by atoms with Crippen molar-refractivity contribution in [2.75, 3.05) is 12.4 Å². The van der Waals surface area contributed by atoms with Crippen molar-refractivity contribution in [2.24, 2.45) is 0 Å². The second-order valence-electron chi connectivity index (χ2n) is 6.84. The lowest BCUT2D eigenvalue weighted by Crippen LogP contribution is -2.31. The van der Waals surface area contributed by atoms with E-state index in [0.29, 0.717) is 23.1 Å². The summed E-state index contributed by atoms with van der Waals surface area (Å²) in [6, 6.07) is 13.1. The van der Waals surface area contributed by atoms with E-state index in [-0.39, 0.29) is 5.91 Å². The van der Waals surface area contributed by atoms with Crippen LogP contribution in [0.4, 0.5) is 5.82 Å². The van der Waals surface area contributed by atoms with Crippen LogP contribution in [0.3, 0.4) is 0 Å². The van der Waals surface area contributed by atoms with Gasteiger partial charge in [-0.1, -0.05) is 23.7 Å². The molecule has 0 saturated heterocycles. The number of nitrogens with one attached hydrogen (secondary N) is 1. The quantitative estimate of drug-likeness (QED) is 0.614. The monoisotopic (exact) mass is 413 g/mol. The number of carbonyl (C=O) groups is 1. The van der Waals surface area contributed by atoms with Gasteiger partial charge < -0.3 is 14.8 Å². The van der Waals surface area contributed by atoms with Crippen molar-refractivity contribution in [3.8, 4) is 11.5 Å². The lowest BCUT2D eigenvalue weighted by Gasteiger charge is -2.17. The van der Waals surface area contributed by atoms with E-state index in [4.69, 9.17) is 21.1 Å². The van der Waals surface area contributed by atoms with Crippen molar-refractivity contribution in [1.29, 1.82) is 0 Å². The third-order valence-corrected chi connectivity index (χ3v) is 5.15. The Hall–Kier alpha value is -2.99. The number of aromatic nitrogens is 2. The van der Waals surface area contributed by atoms with Gasteiger partial charge in [-0.3, -0.25) is 4.79 Å². The molecule has 2 aromatic carbocycles. The van der Waals surface area contributed by atoms with Gasteiger partial charge >= 0.3 is 0 Å². The fourth-order valence-electron chi connectivity index (χ4n) is 2.93. The molecular formula is C22H24ClN3O3. The highest BCUT2D eigenvalue weighted by molar-refractivity contribution is 6.32. The first-order valence-corrected chi connectivity index (χ1v) is 9.64. The summed E-state index contributed by atoms with van der Waals surface area (Å²) in [4.78, 5) is 12.6. The number of anilines is 1. The van der Waals surface area contributed by atoms with Crippen molar-refractivity contribution in [3.63, 3.8) is 0 Å². The minimum atomic E-state index is -0.681. The Balaban J connectivity index is 1.65. The van der Waals surface area contributed by atoms with Gasteiger partial charge in [0.15, 0.2) is 6.10 Å². The Morgan fingerprint density at radius 2 is 1.79 bits per heavy atom. The number of hydrogen-bond donors (Lipinski definition) is 1. The van der Waals surface area contributed by atoms with Crippen LogP contribution >= 0.6 is 11.6 Å². The van der Waals surface area contributed by atoms with E-state index in [2.05, 4.69) is 10.4 Å². The lowest BCUT2D eigenvalue weighted by atomic mass is 10.1. The molecule has 0 aliphatic carbocycles. The molecule has 0 aliphatic heterocycles. The maximum absolute atomic E-state index is 12.6. The number of carbonyl (C=O) groups excluding carboxylic acids is 1. The Labute approximate surface area is 175 Å². The SMILES string of the molecule is COc1ccc(Cn2nccc2NC(=O)[C@H](C)Oc2cc(C)c(Cl)c(C)c2)cc1. The van der Waals surface area contributed by atoms with Crippen LogP contribution in [0.5, 0.6) is 11.5 Å². The predicted molar refractivity (Wildman–Crippen MR) is 114 cm³/mol. The van der Waals surface area contributed by atoms with Crippen molar-refractivity contribution < 1.29 is 14.3 Å². The highest BCUT2D eigenvalue weighted by atomic mass is 35.5. The number of halogens is 1. The van der Waals surface area contributed by atoms with Crippen molar-refractivity contribution >= 4 is 23.3 Å². The van der Waals surface area contributed by atoms with E-state index < -0.39 is 6.10 Å². The Bertz CT molecular complexity index is 976. The minimum Gasteiger partial charge on any atom is -0.497 e. The first-order valence-electron chi connectivity index (χ1n) is 9.26. The molecule has 1 atom stereocenters. The van der Waals surface area contributed by atoms with Crippen LogP contribution in [-0.4, -0.2) is 28.9 Å². The fourth-order valence-corrected chi connectivity index (χ4v) is 3.04. The largest absolute Gasteiger partial charge is 0.497 e. The first-order chi connectivity index (χ1) is 13.9. The van der Waals surface area contributed by atoms with E-state index in [9.17, 15) is 4.79 Å². The highest BCUT2D eigenvalue weighted by Gasteiger charge is 2.17. The van der Waals surface area contributed by atoms with Crippen LogP contribution in [-0.2, 0) is 11.3 Å². The Morgan fingerprint density at radius 1 is 1.14 bits per heavy atom. The van der Waals surface area contributed by atoms with Gasteiger partial charge in [-0.15, -0.1) is 0 Å². The molecule has 0 spiro atoms. The summed E-state index contributed by atoms with van der Waals surface area (Å²) < 4.78 is 12.7. The summed E-state index contributed by atoms with van der Waals surface area (Å²) in [6.45, 7) is 6.05. The molecule has 1 N–H and O–H groups in total. The van der Waals surface area contributed by atoms with Crippen LogP contribution in [0.2, 0.25) is 5.02 Å². The molecule has 0 radical (unpaired) electrons. The smallest absolute Gasteiger partial charge is 0.266 e. The zero-order valence-corrected chi connectivity index (χ0v) is 17.7.